The number of likely N-dealkylation sites (tertiary alicyclic amines) is 1. The number of nitro benzene ring substituents is 1. The Morgan fingerprint density at radius 3 is 2.86 bits per heavy atom. The number of amides is 1. The molecule has 7 heteroatoms. The normalized spacial score (nSPS) is 19.3. The van der Waals surface area contributed by atoms with Crippen LogP contribution in [0.1, 0.15) is 23.2 Å². The summed E-state index contributed by atoms with van der Waals surface area (Å²) in [5.41, 5.74) is -0.163. The van der Waals surface area contributed by atoms with Crippen molar-refractivity contribution in [2.75, 3.05) is 27.2 Å². The Balaban J connectivity index is 2.26. The van der Waals surface area contributed by atoms with Crippen molar-refractivity contribution >= 4 is 23.2 Å². The lowest BCUT2D eigenvalue weighted by Gasteiger charge is -2.35. The summed E-state index contributed by atoms with van der Waals surface area (Å²) in [6.07, 6.45) is 1.91. The highest BCUT2D eigenvalue weighted by molar-refractivity contribution is 6.31. The first-order chi connectivity index (χ1) is 9.90. The van der Waals surface area contributed by atoms with Crippen LogP contribution in [-0.2, 0) is 0 Å². The van der Waals surface area contributed by atoms with Gasteiger partial charge in [0, 0.05) is 30.7 Å². The molecule has 114 valence electrons. The molecule has 6 nitrogen and oxygen atoms in total. The molecule has 0 spiro atoms. The van der Waals surface area contributed by atoms with E-state index in [1.807, 2.05) is 7.05 Å². The fraction of sp³-hybridized carbons (Fsp3) is 0.500. The predicted molar refractivity (Wildman–Crippen MR) is 80.7 cm³/mol. The maximum Gasteiger partial charge on any atom is 0.282 e. The van der Waals surface area contributed by atoms with Crippen molar-refractivity contribution in [3.05, 3.63) is 38.9 Å². The molecule has 1 fully saturated rings. The van der Waals surface area contributed by atoms with E-state index < -0.39 is 4.92 Å². The third kappa shape index (κ3) is 3.51. The van der Waals surface area contributed by atoms with Gasteiger partial charge in [0.1, 0.15) is 5.56 Å². The summed E-state index contributed by atoms with van der Waals surface area (Å²) < 4.78 is 0. The second-order valence-corrected chi connectivity index (χ2v) is 5.83. The number of hydrogen-bond donors (Lipinski definition) is 0. The Bertz CT molecular complexity index is 564. The zero-order valence-corrected chi connectivity index (χ0v) is 12.8. The highest BCUT2D eigenvalue weighted by Gasteiger charge is 2.29. The number of carbonyl (C=O) groups excluding carboxylic acids is 1. The number of nitrogens with zero attached hydrogens (tertiary/aromatic N) is 3. The van der Waals surface area contributed by atoms with Crippen LogP contribution >= 0.6 is 11.6 Å². The monoisotopic (exact) mass is 311 g/mol. The maximum absolute atomic E-state index is 12.6. The van der Waals surface area contributed by atoms with Gasteiger partial charge in [-0.2, -0.15) is 0 Å². The van der Waals surface area contributed by atoms with Crippen LogP contribution in [0.15, 0.2) is 18.2 Å². The van der Waals surface area contributed by atoms with E-state index in [2.05, 4.69) is 4.90 Å². The van der Waals surface area contributed by atoms with Gasteiger partial charge in [0.2, 0.25) is 0 Å². The van der Waals surface area contributed by atoms with Crippen molar-refractivity contribution in [3.8, 4) is 0 Å². The first-order valence-corrected chi connectivity index (χ1v) is 7.17. The number of carbonyl (C=O) groups is 1. The van der Waals surface area contributed by atoms with Gasteiger partial charge in [0.15, 0.2) is 0 Å². The van der Waals surface area contributed by atoms with Crippen molar-refractivity contribution in [2.24, 2.45) is 0 Å². The van der Waals surface area contributed by atoms with Gasteiger partial charge >= 0.3 is 0 Å². The SMILES string of the molecule is CN1CCCC(N(C)C(=O)c2cc(Cl)ccc2[N+](=O)[O-])C1. The summed E-state index contributed by atoms with van der Waals surface area (Å²) >= 11 is 5.88. The summed E-state index contributed by atoms with van der Waals surface area (Å²) in [5, 5.41) is 11.4. The molecule has 0 aliphatic carbocycles. The molecule has 0 saturated carbocycles. The Hall–Kier alpha value is -1.66. The van der Waals surface area contributed by atoms with Crippen LogP contribution in [0.4, 0.5) is 5.69 Å². The van der Waals surface area contributed by atoms with Crippen molar-refractivity contribution in [2.45, 2.75) is 18.9 Å². The molecule has 0 N–H and O–H groups in total. The van der Waals surface area contributed by atoms with E-state index in [1.54, 1.807) is 11.9 Å². The minimum Gasteiger partial charge on any atom is -0.337 e. The minimum atomic E-state index is -0.551. The molecule has 1 heterocycles. The molecule has 0 radical (unpaired) electrons. The number of likely N-dealkylation sites (N-methyl/N-ethyl adjacent to an activating group) is 2. The van der Waals surface area contributed by atoms with Gasteiger partial charge in [-0.25, -0.2) is 0 Å². The second-order valence-electron chi connectivity index (χ2n) is 5.39. The molecule has 1 saturated heterocycles. The van der Waals surface area contributed by atoms with Gasteiger partial charge in [-0.05, 0) is 38.6 Å². The highest BCUT2D eigenvalue weighted by Crippen LogP contribution is 2.25. The lowest BCUT2D eigenvalue weighted by molar-refractivity contribution is -0.385. The standard InChI is InChI=1S/C14H18ClN3O3/c1-16-7-3-4-11(9-16)17(2)14(19)12-8-10(15)5-6-13(12)18(20)21/h5-6,8,11H,3-4,7,9H2,1-2H3. The highest BCUT2D eigenvalue weighted by atomic mass is 35.5. The Morgan fingerprint density at radius 2 is 2.24 bits per heavy atom. The molecule has 1 amide bonds. The first kappa shape index (κ1) is 15.7. The van der Waals surface area contributed by atoms with Crippen molar-refractivity contribution < 1.29 is 9.72 Å². The summed E-state index contributed by atoms with van der Waals surface area (Å²) in [5.74, 6) is -0.357. The number of halogens is 1. The lowest BCUT2D eigenvalue weighted by Crippen LogP contribution is -2.47. The number of rotatable bonds is 3. The van der Waals surface area contributed by atoms with Crippen LogP contribution in [0.25, 0.3) is 0 Å². The number of piperidine rings is 1. The average Bonchev–Trinajstić information content (AvgIpc) is 2.45. The molecule has 0 bridgehead atoms. The smallest absolute Gasteiger partial charge is 0.282 e. The molecule has 1 atom stereocenters. The predicted octanol–water partition coefficient (Wildman–Crippen LogP) is 2.41. The molecule has 1 aromatic rings. The van der Waals surface area contributed by atoms with Crippen LogP contribution < -0.4 is 0 Å². The molecule has 0 aromatic heterocycles. The third-order valence-electron chi connectivity index (χ3n) is 3.85. The fourth-order valence-corrected chi connectivity index (χ4v) is 2.82. The summed E-state index contributed by atoms with van der Waals surface area (Å²) in [4.78, 5) is 26.8. The molecule has 1 aliphatic heterocycles. The Kier molecular flexibility index (Phi) is 4.80. The van der Waals surface area contributed by atoms with E-state index in [4.69, 9.17) is 11.6 Å². The number of hydrogen-bond acceptors (Lipinski definition) is 4. The zero-order valence-electron chi connectivity index (χ0n) is 12.1. The van der Waals surface area contributed by atoms with Gasteiger partial charge < -0.3 is 9.80 Å². The molecule has 1 aromatic carbocycles. The van der Waals surface area contributed by atoms with Crippen LogP contribution in [0.3, 0.4) is 0 Å². The zero-order chi connectivity index (χ0) is 15.6. The molecular weight excluding hydrogens is 294 g/mol. The van der Waals surface area contributed by atoms with E-state index >= 15 is 0 Å². The van der Waals surface area contributed by atoms with Gasteiger partial charge in [-0.15, -0.1) is 0 Å². The molecular formula is C14H18ClN3O3. The first-order valence-electron chi connectivity index (χ1n) is 6.80. The molecule has 2 rings (SSSR count). The largest absolute Gasteiger partial charge is 0.337 e. The van der Waals surface area contributed by atoms with E-state index in [1.165, 1.54) is 18.2 Å². The van der Waals surface area contributed by atoms with Crippen molar-refractivity contribution in [1.29, 1.82) is 0 Å². The maximum atomic E-state index is 12.6. The van der Waals surface area contributed by atoms with Gasteiger partial charge in [-0.1, -0.05) is 11.6 Å². The second kappa shape index (κ2) is 6.41. The topological polar surface area (TPSA) is 66.7 Å². The molecule has 21 heavy (non-hydrogen) atoms. The number of nitro groups is 1. The average molecular weight is 312 g/mol. The van der Waals surface area contributed by atoms with E-state index in [9.17, 15) is 14.9 Å². The quantitative estimate of drug-likeness (QED) is 0.635. The van der Waals surface area contributed by atoms with Crippen LogP contribution in [0.2, 0.25) is 5.02 Å². The van der Waals surface area contributed by atoms with Gasteiger partial charge in [0.05, 0.1) is 4.92 Å². The molecule has 1 aliphatic rings. The Labute approximate surface area is 128 Å². The van der Waals surface area contributed by atoms with E-state index in [0.717, 1.165) is 25.9 Å². The fourth-order valence-electron chi connectivity index (χ4n) is 2.65. The third-order valence-corrected chi connectivity index (χ3v) is 4.09. The number of benzene rings is 1. The lowest BCUT2D eigenvalue weighted by atomic mass is 10.0. The van der Waals surface area contributed by atoms with Gasteiger partial charge in [-0.3, -0.25) is 14.9 Å². The van der Waals surface area contributed by atoms with Crippen molar-refractivity contribution in [3.63, 3.8) is 0 Å². The minimum absolute atomic E-state index is 0.0447. The van der Waals surface area contributed by atoms with E-state index in [0.29, 0.717) is 5.02 Å². The molecule has 1 unspecified atom stereocenters. The Morgan fingerprint density at radius 1 is 1.52 bits per heavy atom. The summed E-state index contributed by atoms with van der Waals surface area (Å²) in [6, 6.07) is 4.13. The van der Waals surface area contributed by atoms with Crippen LogP contribution in [0, 0.1) is 10.1 Å². The van der Waals surface area contributed by atoms with Crippen molar-refractivity contribution in [1.82, 2.24) is 9.80 Å². The van der Waals surface area contributed by atoms with Crippen LogP contribution in [0.5, 0.6) is 0 Å². The summed E-state index contributed by atoms with van der Waals surface area (Å²) in [6.45, 7) is 1.78. The van der Waals surface area contributed by atoms with Crippen LogP contribution in [-0.4, -0.2) is 53.9 Å². The van der Waals surface area contributed by atoms with E-state index in [-0.39, 0.29) is 23.2 Å². The van der Waals surface area contributed by atoms with Gasteiger partial charge in [0.25, 0.3) is 11.6 Å². The summed E-state index contributed by atoms with van der Waals surface area (Å²) in [7, 11) is 3.70.